The first kappa shape index (κ1) is 18.5. The lowest BCUT2D eigenvalue weighted by Crippen LogP contribution is -2.47. The molecule has 0 radical (unpaired) electrons. The lowest BCUT2D eigenvalue weighted by Gasteiger charge is -2.42. The molecular formula is C22H21N3O2S. The van der Waals surface area contributed by atoms with Crippen molar-refractivity contribution >= 4 is 23.4 Å². The number of hydrogen-bond donors (Lipinski definition) is 0. The van der Waals surface area contributed by atoms with Crippen molar-refractivity contribution in [2.45, 2.75) is 19.3 Å². The molecule has 2 heterocycles. The Morgan fingerprint density at radius 1 is 1.18 bits per heavy atom. The van der Waals surface area contributed by atoms with Crippen molar-refractivity contribution in [1.29, 1.82) is 5.26 Å². The smallest absolute Gasteiger partial charge is 0.229 e. The maximum Gasteiger partial charge on any atom is 0.229 e. The third kappa shape index (κ3) is 3.23. The molecule has 1 amide bonds. The molecule has 0 aliphatic carbocycles. The van der Waals surface area contributed by atoms with E-state index in [1.54, 1.807) is 23.8 Å². The van der Waals surface area contributed by atoms with E-state index < -0.39 is 0 Å². The van der Waals surface area contributed by atoms with Gasteiger partial charge in [-0.25, -0.2) is 0 Å². The summed E-state index contributed by atoms with van der Waals surface area (Å²) in [6.07, 6.45) is 0.328. The van der Waals surface area contributed by atoms with Gasteiger partial charge in [0.15, 0.2) is 0 Å². The van der Waals surface area contributed by atoms with Gasteiger partial charge in [0.2, 0.25) is 5.91 Å². The van der Waals surface area contributed by atoms with Gasteiger partial charge in [-0.05, 0) is 42.3 Å². The number of thioether (sulfide) groups is 1. The van der Waals surface area contributed by atoms with Crippen molar-refractivity contribution in [3.63, 3.8) is 0 Å². The van der Waals surface area contributed by atoms with Crippen molar-refractivity contribution in [1.82, 2.24) is 4.90 Å². The average Bonchev–Trinajstić information content (AvgIpc) is 2.74. The van der Waals surface area contributed by atoms with E-state index in [-0.39, 0.29) is 11.8 Å². The zero-order valence-corrected chi connectivity index (χ0v) is 16.7. The highest BCUT2D eigenvalue weighted by Crippen LogP contribution is 2.43. The number of hydrogen-bond acceptors (Lipinski definition) is 5. The van der Waals surface area contributed by atoms with Gasteiger partial charge in [-0.15, -0.1) is 0 Å². The molecule has 5 nitrogen and oxygen atoms in total. The summed E-state index contributed by atoms with van der Waals surface area (Å²) in [5.41, 5.74) is 3.91. The summed E-state index contributed by atoms with van der Waals surface area (Å²) in [6, 6.07) is 18.2. The normalized spacial score (nSPS) is 19.3. The molecule has 6 heteroatoms. The van der Waals surface area contributed by atoms with Gasteiger partial charge in [0.25, 0.3) is 0 Å². The van der Waals surface area contributed by atoms with E-state index >= 15 is 0 Å². The fourth-order valence-electron chi connectivity index (χ4n) is 3.76. The van der Waals surface area contributed by atoms with Crippen LogP contribution < -0.4 is 9.64 Å². The number of allylic oxidation sites excluding steroid dienone is 1. The summed E-state index contributed by atoms with van der Waals surface area (Å²) >= 11 is 1.56. The molecular weight excluding hydrogens is 370 g/mol. The number of nitriles is 1. The van der Waals surface area contributed by atoms with E-state index in [0.29, 0.717) is 24.5 Å². The second-order valence-electron chi connectivity index (χ2n) is 6.92. The maximum absolute atomic E-state index is 13.0. The van der Waals surface area contributed by atoms with E-state index in [0.717, 1.165) is 27.6 Å². The van der Waals surface area contributed by atoms with Crippen molar-refractivity contribution in [3.05, 3.63) is 70.3 Å². The lowest BCUT2D eigenvalue weighted by molar-refractivity contribution is -0.129. The zero-order chi connectivity index (χ0) is 19.7. The van der Waals surface area contributed by atoms with Gasteiger partial charge in [-0.1, -0.05) is 36.0 Å². The second kappa shape index (κ2) is 7.61. The highest BCUT2D eigenvalue weighted by Gasteiger charge is 2.38. The fraction of sp³-hybridized carbons (Fsp3) is 0.273. The highest BCUT2D eigenvalue weighted by molar-refractivity contribution is 8.03. The topological polar surface area (TPSA) is 56.6 Å². The van der Waals surface area contributed by atoms with E-state index in [2.05, 4.69) is 11.0 Å². The fourth-order valence-corrected chi connectivity index (χ4v) is 4.93. The number of fused-ring (bicyclic) bond motifs is 1. The first-order chi connectivity index (χ1) is 13.6. The molecule has 4 rings (SSSR count). The van der Waals surface area contributed by atoms with E-state index in [1.807, 2.05) is 55.5 Å². The number of carbonyl (C=O) groups is 1. The van der Waals surface area contributed by atoms with Crippen LogP contribution in [0.3, 0.4) is 0 Å². The maximum atomic E-state index is 13.0. The van der Waals surface area contributed by atoms with Crippen LogP contribution in [0, 0.1) is 18.3 Å². The van der Waals surface area contributed by atoms with Crippen molar-refractivity contribution in [2.24, 2.45) is 0 Å². The minimum atomic E-state index is -0.162. The van der Waals surface area contributed by atoms with Crippen LogP contribution in [0.4, 0.5) is 5.69 Å². The Kier molecular flexibility index (Phi) is 5.01. The first-order valence-corrected chi connectivity index (χ1v) is 10.1. The van der Waals surface area contributed by atoms with Gasteiger partial charge in [-0.3, -0.25) is 9.69 Å². The molecule has 2 aromatic carbocycles. The van der Waals surface area contributed by atoms with E-state index in [1.165, 1.54) is 0 Å². The molecule has 1 fully saturated rings. The number of rotatable bonds is 3. The van der Waals surface area contributed by atoms with Crippen molar-refractivity contribution in [2.75, 3.05) is 24.6 Å². The zero-order valence-electron chi connectivity index (χ0n) is 15.9. The molecule has 0 aromatic heterocycles. The minimum Gasteiger partial charge on any atom is -0.497 e. The SMILES string of the molecule is COc1ccc(N2CSC3=C(C#N)[C@H](c4ccccc4C)CC(=O)N3C2)cc1. The third-order valence-corrected chi connectivity index (χ3v) is 6.45. The van der Waals surface area contributed by atoms with Gasteiger partial charge in [0, 0.05) is 18.0 Å². The largest absolute Gasteiger partial charge is 0.497 e. The Hall–Kier alpha value is -2.91. The summed E-state index contributed by atoms with van der Waals surface area (Å²) in [4.78, 5) is 16.9. The van der Waals surface area contributed by atoms with Crippen LogP contribution in [-0.4, -0.2) is 30.5 Å². The summed E-state index contributed by atoms with van der Waals surface area (Å²) in [5.74, 6) is 1.39. The van der Waals surface area contributed by atoms with Gasteiger partial charge >= 0.3 is 0 Å². The number of ether oxygens (including phenoxy) is 1. The summed E-state index contributed by atoms with van der Waals surface area (Å²) in [6.45, 7) is 2.49. The molecule has 28 heavy (non-hydrogen) atoms. The highest BCUT2D eigenvalue weighted by atomic mass is 32.2. The average molecular weight is 391 g/mol. The number of methoxy groups -OCH3 is 1. The minimum absolute atomic E-state index is 0.0629. The monoisotopic (exact) mass is 391 g/mol. The lowest BCUT2D eigenvalue weighted by atomic mass is 9.84. The number of carbonyl (C=O) groups excluding carboxylic acids is 1. The summed E-state index contributed by atoms with van der Waals surface area (Å²) in [7, 11) is 1.64. The van der Waals surface area contributed by atoms with Crippen LogP contribution in [0.15, 0.2) is 59.1 Å². The number of anilines is 1. The summed E-state index contributed by atoms with van der Waals surface area (Å²) < 4.78 is 5.22. The molecule has 0 unspecified atom stereocenters. The Bertz CT molecular complexity index is 978. The molecule has 0 N–H and O–H groups in total. The Morgan fingerprint density at radius 2 is 1.93 bits per heavy atom. The molecule has 1 atom stereocenters. The van der Waals surface area contributed by atoms with Crippen LogP contribution in [0.1, 0.15) is 23.5 Å². The van der Waals surface area contributed by atoms with Gasteiger partial charge in [0.05, 0.1) is 36.3 Å². The van der Waals surface area contributed by atoms with E-state index in [4.69, 9.17) is 4.74 Å². The number of benzene rings is 2. The standard InChI is InChI=1S/C22H21N3O2S/c1-15-5-3-4-6-18(15)19-11-21(26)25-13-24(14-28-22(25)20(19)12-23)16-7-9-17(27-2)10-8-16/h3-10,19H,11,13-14H2,1-2H3/t19-/m0/s1. The Labute approximate surface area is 169 Å². The van der Waals surface area contributed by atoms with Crippen LogP contribution >= 0.6 is 11.8 Å². The van der Waals surface area contributed by atoms with E-state index in [9.17, 15) is 10.1 Å². The van der Waals surface area contributed by atoms with Crippen LogP contribution in [-0.2, 0) is 4.79 Å². The molecule has 0 spiro atoms. The van der Waals surface area contributed by atoms with Crippen molar-refractivity contribution < 1.29 is 9.53 Å². The van der Waals surface area contributed by atoms with Crippen molar-refractivity contribution in [3.8, 4) is 11.8 Å². The third-order valence-electron chi connectivity index (χ3n) is 5.29. The Balaban J connectivity index is 1.65. The second-order valence-corrected chi connectivity index (χ2v) is 7.85. The van der Waals surface area contributed by atoms with Gasteiger partial charge in [-0.2, -0.15) is 5.26 Å². The quantitative estimate of drug-likeness (QED) is 0.784. The molecule has 0 bridgehead atoms. The molecule has 2 aliphatic rings. The first-order valence-electron chi connectivity index (χ1n) is 9.14. The molecule has 142 valence electrons. The Morgan fingerprint density at radius 3 is 2.61 bits per heavy atom. The number of amides is 1. The van der Waals surface area contributed by atoms with Crippen LogP contribution in [0.25, 0.3) is 0 Å². The van der Waals surface area contributed by atoms with Crippen LogP contribution in [0.2, 0.25) is 0 Å². The molecule has 0 saturated carbocycles. The summed E-state index contributed by atoms with van der Waals surface area (Å²) in [5, 5.41) is 10.7. The van der Waals surface area contributed by atoms with Gasteiger partial charge < -0.3 is 9.64 Å². The molecule has 2 aromatic rings. The predicted molar refractivity (Wildman–Crippen MR) is 111 cm³/mol. The van der Waals surface area contributed by atoms with Crippen LogP contribution in [0.5, 0.6) is 5.75 Å². The predicted octanol–water partition coefficient (Wildman–Crippen LogP) is 4.22. The van der Waals surface area contributed by atoms with Gasteiger partial charge in [0.1, 0.15) is 5.75 Å². The molecule has 2 aliphatic heterocycles. The molecule has 1 saturated heterocycles. The number of nitrogens with zero attached hydrogens (tertiary/aromatic N) is 3. The number of aryl methyl sites for hydroxylation is 1.